The van der Waals surface area contributed by atoms with Gasteiger partial charge in [0.1, 0.15) is 11.6 Å². The van der Waals surface area contributed by atoms with Crippen molar-refractivity contribution < 1.29 is 14.3 Å². The summed E-state index contributed by atoms with van der Waals surface area (Å²) in [7, 11) is 3.91. The summed E-state index contributed by atoms with van der Waals surface area (Å²) in [6.45, 7) is 29.9. The molecule has 2 aliphatic heterocycles. The van der Waals surface area contributed by atoms with Crippen molar-refractivity contribution in [2.45, 2.75) is 67.7 Å². The van der Waals surface area contributed by atoms with Crippen molar-refractivity contribution in [3.05, 3.63) is 114 Å². The Kier molecular flexibility index (Phi) is 19.5. The first-order valence-electron chi connectivity index (χ1n) is 16.9. The Morgan fingerprint density at radius 2 is 1.70 bits per heavy atom. The number of nitrogens with zero attached hydrogens (tertiary/aromatic N) is 4. The van der Waals surface area contributed by atoms with Crippen molar-refractivity contribution in [3.63, 3.8) is 0 Å². The fraction of sp³-hybridized carbons (Fsp3) is 0.450. The van der Waals surface area contributed by atoms with Gasteiger partial charge in [-0.2, -0.15) is 0 Å². The van der Waals surface area contributed by atoms with Gasteiger partial charge < -0.3 is 24.2 Å². The van der Waals surface area contributed by atoms with Gasteiger partial charge in [-0.3, -0.25) is 4.79 Å². The van der Waals surface area contributed by atoms with Crippen LogP contribution in [0.5, 0.6) is 0 Å². The monoisotopic (exact) mass is 644 g/mol. The predicted molar refractivity (Wildman–Crippen MR) is 201 cm³/mol. The van der Waals surface area contributed by atoms with Crippen LogP contribution in [0.3, 0.4) is 0 Å². The van der Waals surface area contributed by atoms with Crippen LogP contribution in [-0.4, -0.2) is 73.5 Å². The average Bonchev–Trinajstić information content (AvgIpc) is 3.09. The molecular formula is C40H60N4O3. The topological polar surface area (TPSA) is 57.6 Å². The van der Waals surface area contributed by atoms with Crippen LogP contribution in [0.2, 0.25) is 0 Å². The summed E-state index contributed by atoms with van der Waals surface area (Å²) in [5, 5.41) is 0. The lowest BCUT2D eigenvalue weighted by Crippen LogP contribution is -2.41. The molecule has 0 aliphatic carbocycles. The van der Waals surface area contributed by atoms with E-state index >= 15 is 0 Å². The van der Waals surface area contributed by atoms with Crippen LogP contribution in [0, 0.1) is 5.92 Å². The van der Waals surface area contributed by atoms with Gasteiger partial charge in [-0.1, -0.05) is 103 Å². The number of hydrogen-bond acceptors (Lipinski definition) is 7. The van der Waals surface area contributed by atoms with Crippen molar-refractivity contribution in [1.29, 1.82) is 0 Å². The summed E-state index contributed by atoms with van der Waals surface area (Å²) >= 11 is 0. The second kappa shape index (κ2) is 22.4. The van der Waals surface area contributed by atoms with Gasteiger partial charge in [-0.05, 0) is 61.1 Å². The number of ether oxygens (including phenoxy) is 2. The minimum Gasteiger partial charge on any atom is -0.444 e. The second-order valence-electron chi connectivity index (χ2n) is 11.4. The molecule has 1 aromatic rings. The zero-order valence-corrected chi connectivity index (χ0v) is 30.6. The lowest BCUT2D eigenvalue weighted by molar-refractivity contribution is -0.148. The Bertz CT molecular complexity index is 1310. The molecule has 1 fully saturated rings. The molecule has 258 valence electrons. The van der Waals surface area contributed by atoms with E-state index in [1.165, 1.54) is 5.56 Å². The highest BCUT2D eigenvalue weighted by Crippen LogP contribution is 2.25. The van der Waals surface area contributed by atoms with Crippen LogP contribution in [0.25, 0.3) is 5.57 Å². The highest BCUT2D eigenvalue weighted by molar-refractivity contribution is 5.94. The first kappa shape index (κ1) is 40.9. The van der Waals surface area contributed by atoms with Gasteiger partial charge in [0, 0.05) is 51.1 Å². The normalized spacial score (nSPS) is 15.6. The van der Waals surface area contributed by atoms with Gasteiger partial charge in [-0.15, -0.1) is 0 Å². The predicted octanol–water partition coefficient (Wildman–Crippen LogP) is 8.98. The molecule has 0 aromatic heterocycles. The van der Waals surface area contributed by atoms with E-state index in [9.17, 15) is 4.79 Å². The number of rotatable bonds is 13. The van der Waals surface area contributed by atoms with E-state index in [1.807, 2.05) is 96.1 Å². The van der Waals surface area contributed by atoms with E-state index in [0.717, 1.165) is 78.9 Å². The van der Waals surface area contributed by atoms with E-state index in [-0.39, 0.29) is 12.7 Å². The van der Waals surface area contributed by atoms with Crippen molar-refractivity contribution in [1.82, 2.24) is 14.7 Å². The van der Waals surface area contributed by atoms with E-state index < -0.39 is 0 Å². The lowest BCUT2D eigenvalue weighted by Gasteiger charge is -2.37. The number of carbonyl (C=O) groups excluding carboxylic acids is 1. The first-order chi connectivity index (χ1) is 22.5. The Balaban J connectivity index is 0.000000710. The minimum atomic E-state index is -0.154. The molecule has 1 saturated heterocycles. The summed E-state index contributed by atoms with van der Waals surface area (Å²) in [6.07, 6.45) is 12.5. The van der Waals surface area contributed by atoms with Crippen molar-refractivity contribution in [3.8, 4) is 0 Å². The van der Waals surface area contributed by atoms with Gasteiger partial charge >= 0.3 is 5.97 Å². The van der Waals surface area contributed by atoms with Gasteiger partial charge in [0.25, 0.3) is 0 Å². The van der Waals surface area contributed by atoms with Crippen LogP contribution in [0.15, 0.2) is 114 Å². The van der Waals surface area contributed by atoms with Crippen LogP contribution in [-0.2, 0) is 14.3 Å². The van der Waals surface area contributed by atoms with E-state index in [0.29, 0.717) is 12.3 Å². The first-order valence-corrected chi connectivity index (χ1v) is 16.9. The quantitative estimate of drug-likeness (QED) is 0.121. The van der Waals surface area contributed by atoms with Crippen molar-refractivity contribution >= 4 is 17.3 Å². The Labute approximate surface area is 286 Å². The van der Waals surface area contributed by atoms with E-state index in [4.69, 9.17) is 14.5 Å². The fourth-order valence-corrected chi connectivity index (χ4v) is 4.71. The molecule has 0 amide bonds. The molecule has 2 heterocycles. The van der Waals surface area contributed by atoms with Gasteiger partial charge in [-0.25, -0.2) is 4.99 Å². The summed E-state index contributed by atoms with van der Waals surface area (Å²) in [4.78, 5) is 23.1. The molecule has 0 atom stereocenters. The van der Waals surface area contributed by atoms with E-state index in [1.54, 1.807) is 0 Å². The van der Waals surface area contributed by atoms with Gasteiger partial charge in [0.2, 0.25) is 0 Å². The average molecular weight is 645 g/mol. The minimum absolute atomic E-state index is 0.154. The van der Waals surface area contributed by atoms with Gasteiger partial charge in [0.15, 0.2) is 6.73 Å². The number of carbonyl (C=O) groups is 1. The molecule has 3 rings (SSSR count). The number of benzene rings is 1. The summed E-state index contributed by atoms with van der Waals surface area (Å²) in [5.41, 5.74) is 5.69. The van der Waals surface area contributed by atoms with Gasteiger partial charge in [0.05, 0.1) is 13.2 Å². The Morgan fingerprint density at radius 1 is 1.09 bits per heavy atom. The number of morpholine rings is 1. The molecule has 2 aliphatic rings. The third-order valence-electron chi connectivity index (χ3n) is 7.89. The van der Waals surface area contributed by atoms with Crippen LogP contribution < -0.4 is 0 Å². The summed E-state index contributed by atoms with van der Waals surface area (Å²) < 4.78 is 10.9. The largest absolute Gasteiger partial charge is 0.444 e. The Hall–Kier alpha value is -4.10. The number of aliphatic imine (C=N–C) groups is 1. The molecule has 0 radical (unpaired) electrons. The van der Waals surface area contributed by atoms with Crippen molar-refractivity contribution in [2.75, 3.05) is 47.1 Å². The maximum absolute atomic E-state index is 12.1. The maximum atomic E-state index is 12.1. The molecule has 0 spiro atoms. The SMILES string of the molecule is C=C(/C=C(/C)N(C)COC(=O)CC(CC)CC)C(=C)/C=C1/N=C(C)C=C(N2CCOCC2)N1C.C=C(/C=C\C)c1ccccc1.CC. The molecule has 0 N–H and O–H groups in total. The molecular weight excluding hydrogens is 584 g/mol. The molecule has 7 nitrogen and oxygen atoms in total. The summed E-state index contributed by atoms with van der Waals surface area (Å²) in [6, 6.07) is 10.2. The number of allylic oxidation sites excluding steroid dienone is 9. The smallest absolute Gasteiger partial charge is 0.307 e. The zero-order valence-electron chi connectivity index (χ0n) is 30.6. The standard InChI is InChI=1S/C27H42N4O3.C11H12.C2H6/c1-9-24(10-2)18-27(32)34-19-29(7)23(6)15-20(3)21(4)16-25-28-22(5)17-26(30(25)8)31-11-13-33-14-12-31;1-3-7-10(2)11-8-5-4-6-9-11;1-2/h15-17,24H,3-4,9-14,18-19H2,1-2,5-8H3;3-9H,2H2,1H3;1-2H3/b23-15-,25-16-;7-3-;. The second-order valence-corrected chi connectivity index (χ2v) is 11.4. The van der Waals surface area contributed by atoms with Crippen molar-refractivity contribution in [2.24, 2.45) is 10.9 Å². The Morgan fingerprint density at radius 3 is 2.28 bits per heavy atom. The molecule has 0 bridgehead atoms. The molecule has 47 heavy (non-hydrogen) atoms. The van der Waals surface area contributed by atoms with E-state index in [2.05, 4.69) is 61.6 Å². The molecule has 0 saturated carbocycles. The van der Waals surface area contributed by atoms with Crippen LogP contribution in [0.4, 0.5) is 0 Å². The lowest BCUT2D eigenvalue weighted by atomic mass is 10.00. The summed E-state index contributed by atoms with van der Waals surface area (Å²) in [5.74, 6) is 2.16. The highest BCUT2D eigenvalue weighted by atomic mass is 16.5. The fourth-order valence-electron chi connectivity index (χ4n) is 4.71. The number of esters is 1. The third kappa shape index (κ3) is 14.5. The molecule has 0 unspecified atom stereocenters. The molecule has 1 aromatic carbocycles. The molecule has 7 heteroatoms. The number of hydrogen-bond donors (Lipinski definition) is 0. The van der Waals surface area contributed by atoms with Crippen LogP contribution in [0.1, 0.15) is 73.3 Å². The zero-order chi connectivity index (χ0) is 35.4. The highest BCUT2D eigenvalue weighted by Gasteiger charge is 2.22. The third-order valence-corrected chi connectivity index (χ3v) is 7.89. The van der Waals surface area contributed by atoms with Crippen LogP contribution >= 0.6 is 0 Å². The maximum Gasteiger partial charge on any atom is 0.307 e.